The molecule has 1 amide bonds. The molecule has 1 aliphatic heterocycles. The number of rotatable bonds is 7. The second-order valence-corrected chi connectivity index (χ2v) is 11.7. The van der Waals surface area contributed by atoms with Crippen LogP contribution in [-0.2, 0) is 16.4 Å². The van der Waals surface area contributed by atoms with Crippen LogP contribution in [0.3, 0.4) is 0 Å². The first-order chi connectivity index (χ1) is 18.1. The smallest absolute Gasteiger partial charge is 0.251 e. The molecule has 2 atom stereocenters. The Morgan fingerprint density at radius 1 is 0.921 bits per heavy atom. The van der Waals surface area contributed by atoms with Crippen LogP contribution >= 0.6 is 0 Å². The van der Waals surface area contributed by atoms with E-state index < -0.39 is 27.8 Å². The first-order valence-electron chi connectivity index (χ1n) is 12.5. The molecule has 38 heavy (non-hydrogen) atoms. The Balaban J connectivity index is 1.41. The normalized spacial score (nSPS) is 18.4. The lowest BCUT2D eigenvalue weighted by Gasteiger charge is -2.42. The number of hydrogen-bond acceptors (Lipinski definition) is 5. The minimum atomic E-state index is -4.02. The van der Waals surface area contributed by atoms with Crippen LogP contribution in [-0.4, -0.2) is 37.7 Å². The van der Waals surface area contributed by atoms with Crippen molar-refractivity contribution in [2.24, 2.45) is 0 Å². The summed E-state index contributed by atoms with van der Waals surface area (Å²) in [6.45, 7) is 3.84. The van der Waals surface area contributed by atoms with Crippen LogP contribution in [0.15, 0.2) is 95.9 Å². The Kier molecular flexibility index (Phi) is 6.96. The lowest BCUT2D eigenvalue weighted by molar-refractivity contribution is -0.0603. The van der Waals surface area contributed by atoms with E-state index in [1.807, 2.05) is 54.6 Å². The van der Waals surface area contributed by atoms with E-state index in [1.165, 1.54) is 0 Å². The van der Waals surface area contributed by atoms with Gasteiger partial charge in [0, 0.05) is 17.7 Å². The van der Waals surface area contributed by atoms with E-state index in [-0.39, 0.29) is 10.8 Å². The van der Waals surface area contributed by atoms with Crippen molar-refractivity contribution < 1.29 is 23.1 Å². The van der Waals surface area contributed by atoms with Crippen LogP contribution in [0.1, 0.15) is 41.4 Å². The Hall–Kier alpha value is -3.72. The minimum Gasteiger partial charge on any atom is -0.485 e. The van der Waals surface area contributed by atoms with Crippen LogP contribution < -0.4 is 14.8 Å². The summed E-state index contributed by atoms with van der Waals surface area (Å²) in [6, 6.07) is 26.1. The summed E-state index contributed by atoms with van der Waals surface area (Å²) in [5.74, 6) is 0.117. The average Bonchev–Trinajstić information content (AvgIpc) is 2.91. The van der Waals surface area contributed by atoms with Crippen molar-refractivity contribution in [1.82, 2.24) is 10.0 Å². The molecule has 8 heteroatoms. The van der Waals surface area contributed by atoms with Gasteiger partial charge in [0.1, 0.15) is 17.5 Å². The molecular formula is C30H30N2O5S. The van der Waals surface area contributed by atoms with Gasteiger partial charge in [-0.2, -0.15) is 0 Å². The van der Waals surface area contributed by atoms with E-state index >= 15 is 0 Å². The van der Waals surface area contributed by atoms with Gasteiger partial charge in [0.2, 0.25) is 10.0 Å². The van der Waals surface area contributed by atoms with Gasteiger partial charge >= 0.3 is 0 Å². The Morgan fingerprint density at radius 2 is 1.63 bits per heavy atom. The molecule has 0 radical (unpaired) electrons. The second kappa shape index (κ2) is 10.2. The number of aliphatic hydroxyl groups excluding tert-OH is 1. The van der Waals surface area contributed by atoms with Crippen molar-refractivity contribution in [2.45, 2.75) is 42.9 Å². The number of aliphatic hydroxyl groups is 1. The number of carbonyl (C=O) groups excluding carboxylic acids is 1. The molecule has 5 rings (SSSR count). The minimum absolute atomic E-state index is 0.0871. The Morgan fingerprint density at radius 3 is 2.39 bits per heavy atom. The van der Waals surface area contributed by atoms with Crippen molar-refractivity contribution in [1.29, 1.82) is 0 Å². The SMILES string of the molecule is CC1(C)Oc2ccc(C(=O)NCCc3ccccc3)cc2[C@@H](NS(=O)(=O)c2ccc3ccccc3c2)[C@@H]1O. The highest BCUT2D eigenvalue weighted by atomic mass is 32.2. The summed E-state index contributed by atoms with van der Waals surface area (Å²) in [6.07, 6.45) is -0.525. The third-order valence-corrected chi connectivity index (χ3v) is 8.30. The molecule has 0 fully saturated rings. The molecule has 4 aromatic carbocycles. The topological polar surface area (TPSA) is 105 Å². The summed E-state index contributed by atoms with van der Waals surface area (Å²) in [7, 11) is -4.02. The molecule has 0 aromatic heterocycles. The molecule has 0 bridgehead atoms. The highest BCUT2D eigenvalue weighted by molar-refractivity contribution is 7.89. The highest BCUT2D eigenvalue weighted by Gasteiger charge is 2.44. The van der Waals surface area contributed by atoms with E-state index in [1.54, 1.807) is 50.2 Å². The zero-order valence-corrected chi connectivity index (χ0v) is 22.0. The highest BCUT2D eigenvalue weighted by Crippen LogP contribution is 2.41. The zero-order chi connectivity index (χ0) is 26.9. The van der Waals surface area contributed by atoms with E-state index in [0.29, 0.717) is 29.8 Å². The predicted molar refractivity (Wildman–Crippen MR) is 147 cm³/mol. The number of amides is 1. The Bertz CT molecular complexity index is 1590. The van der Waals surface area contributed by atoms with Crippen LogP contribution in [0.2, 0.25) is 0 Å². The van der Waals surface area contributed by atoms with E-state index in [4.69, 9.17) is 4.74 Å². The van der Waals surface area contributed by atoms with Crippen molar-refractivity contribution >= 4 is 26.7 Å². The lowest BCUT2D eigenvalue weighted by atomic mass is 9.86. The fourth-order valence-corrected chi connectivity index (χ4v) is 5.96. The van der Waals surface area contributed by atoms with Gasteiger partial charge < -0.3 is 15.2 Å². The van der Waals surface area contributed by atoms with E-state index in [2.05, 4.69) is 10.0 Å². The molecule has 4 aromatic rings. The largest absolute Gasteiger partial charge is 0.485 e. The molecule has 1 aliphatic rings. The molecule has 0 aliphatic carbocycles. The van der Waals surface area contributed by atoms with E-state index in [9.17, 15) is 18.3 Å². The lowest BCUT2D eigenvalue weighted by Crippen LogP contribution is -2.53. The van der Waals surface area contributed by atoms with Crippen LogP contribution in [0.4, 0.5) is 0 Å². The first kappa shape index (κ1) is 25.9. The molecule has 196 valence electrons. The number of sulfonamides is 1. The summed E-state index contributed by atoms with van der Waals surface area (Å²) < 4.78 is 35.6. The van der Waals surface area contributed by atoms with Gasteiger partial charge in [0.25, 0.3) is 5.91 Å². The molecule has 0 saturated heterocycles. The van der Waals surface area contributed by atoms with Gasteiger partial charge in [-0.1, -0.05) is 60.7 Å². The number of fused-ring (bicyclic) bond motifs is 2. The maximum absolute atomic E-state index is 13.5. The Labute approximate surface area is 222 Å². The fourth-order valence-electron chi connectivity index (χ4n) is 4.71. The quantitative estimate of drug-likeness (QED) is 0.329. The summed E-state index contributed by atoms with van der Waals surface area (Å²) in [5.41, 5.74) is 0.794. The van der Waals surface area contributed by atoms with E-state index in [0.717, 1.165) is 16.3 Å². The fraction of sp³-hybridized carbons (Fsp3) is 0.233. The standard InChI is InChI=1S/C30H30N2O5S/c1-30(2)28(33)27(32-38(35,36)24-14-12-21-10-6-7-11-22(21)18-24)25-19-23(13-15-26(25)37-30)29(34)31-17-16-20-8-4-3-5-9-20/h3-15,18-19,27-28,32-33H,16-17H2,1-2H3,(H,31,34)/t27-,28+/m1/s1. The number of nitrogens with one attached hydrogen (secondary N) is 2. The maximum Gasteiger partial charge on any atom is 0.251 e. The van der Waals surface area contributed by atoms with Crippen molar-refractivity contribution in [3.8, 4) is 5.75 Å². The van der Waals surface area contributed by atoms with Crippen LogP contribution in [0, 0.1) is 0 Å². The molecule has 7 nitrogen and oxygen atoms in total. The van der Waals surface area contributed by atoms with Crippen molar-refractivity contribution in [3.63, 3.8) is 0 Å². The van der Waals surface area contributed by atoms with Crippen molar-refractivity contribution in [3.05, 3.63) is 108 Å². The monoisotopic (exact) mass is 530 g/mol. The number of hydrogen-bond donors (Lipinski definition) is 3. The van der Waals surface area contributed by atoms with Crippen molar-refractivity contribution in [2.75, 3.05) is 6.54 Å². The molecule has 3 N–H and O–H groups in total. The number of carbonyl (C=O) groups is 1. The third kappa shape index (κ3) is 5.29. The number of ether oxygens (including phenoxy) is 1. The molecular weight excluding hydrogens is 500 g/mol. The predicted octanol–water partition coefficient (Wildman–Crippen LogP) is 4.36. The summed E-state index contributed by atoms with van der Waals surface area (Å²) >= 11 is 0. The second-order valence-electron chi connectivity index (χ2n) is 10.0. The maximum atomic E-state index is 13.5. The van der Waals surface area contributed by atoms with Gasteiger partial charge in [-0.25, -0.2) is 13.1 Å². The molecule has 0 saturated carbocycles. The van der Waals surface area contributed by atoms with Crippen LogP contribution in [0.25, 0.3) is 10.8 Å². The van der Waals surface area contributed by atoms with Gasteiger partial charge in [0.15, 0.2) is 0 Å². The van der Waals surface area contributed by atoms with Gasteiger partial charge in [-0.15, -0.1) is 0 Å². The molecule has 1 heterocycles. The summed E-state index contributed by atoms with van der Waals surface area (Å²) in [5, 5.41) is 15.8. The zero-order valence-electron chi connectivity index (χ0n) is 21.2. The third-order valence-electron chi connectivity index (χ3n) is 6.86. The van der Waals surface area contributed by atoms with Gasteiger partial charge in [-0.05, 0) is 66.9 Å². The summed E-state index contributed by atoms with van der Waals surface area (Å²) in [4.78, 5) is 13.0. The van der Waals surface area contributed by atoms with Crippen LogP contribution in [0.5, 0.6) is 5.75 Å². The molecule has 0 spiro atoms. The van der Waals surface area contributed by atoms with Gasteiger partial charge in [-0.3, -0.25) is 4.79 Å². The number of benzene rings is 4. The van der Waals surface area contributed by atoms with Gasteiger partial charge in [0.05, 0.1) is 10.9 Å². The average molecular weight is 531 g/mol. The molecule has 0 unspecified atom stereocenters. The first-order valence-corrected chi connectivity index (χ1v) is 14.0.